The second-order valence-corrected chi connectivity index (χ2v) is 6.57. The Morgan fingerprint density at radius 3 is 2.82 bits per heavy atom. The van der Waals surface area contributed by atoms with Crippen molar-refractivity contribution in [2.75, 3.05) is 20.1 Å². The molecule has 1 fully saturated rings. The molecule has 5 nitrogen and oxygen atoms in total. The molecule has 1 heterocycles. The van der Waals surface area contributed by atoms with Crippen LogP contribution < -0.4 is 11.1 Å². The molecule has 0 aliphatic carbocycles. The number of carbonyl (C=O) groups is 1. The van der Waals surface area contributed by atoms with E-state index in [1.165, 1.54) is 5.56 Å². The van der Waals surface area contributed by atoms with Crippen molar-refractivity contribution in [3.63, 3.8) is 0 Å². The van der Waals surface area contributed by atoms with E-state index in [2.05, 4.69) is 43.3 Å². The molecular formula is C16H23BrN4O. The van der Waals surface area contributed by atoms with Gasteiger partial charge in [-0.25, -0.2) is 0 Å². The molecule has 0 radical (unpaired) electrons. The summed E-state index contributed by atoms with van der Waals surface area (Å²) in [7, 11) is 1.79. The number of carbonyl (C=O) groups excluding carboxylic acids is 1. The number of aliphatic imine (C=N–C) groups is 1. The Morgan fingerprint density at radius 1 is 1.45 bits per heavy atom. The van der Waals surface area contributed by atoms with Crippen LogP contribution in [0.25, 0.3) is 0 Å². The van der Waals surface area contributed by atoms with E-state index in [-0.39, 0.29) is 5.91 Å². The lowest BCUT2D eigenvalue weighted by Crippen LogP contribution is -2.46. The van der Waals surface area contributed by atoms with Gasteiger partial charge in [-0.3, -0.25) is 9.79 Å². The molecule has 0 bridgehead atoms. The molecule has 1 unspecified atom stereocenters. The third-order valence-electron chi connectivity index (χ3n) is 3.88. The van der Waals surface area contributed by atoms with E-state index in [1.54, 1.807) is 7.05 Å². The summed E-state index contributed by atoms with van der Waals surface area (Å²) in [5.41, 5.74) is 6.52. The van der Waals surface area contributed by atoms with Crippen LogP contribution in [0.2, 0.25) is 0 Å². The summed E-state index contributed by atoms with van der Waals surface area (Å²) >= 11 is 3.44. The third kappa shape index (κ3) is 5.02. The molecule has 1 amide bonds. The Bertz CT molecular complexity index is 529. The van der Waals surface area contributed by atoms with Gasteiger partial charge in [-0.05, 0) is 36.5 Å². The highest BCUT2D eigenvalue weighted by Gasteiger charge is 2.23. The van der Waals surface area contributed by atoms with E-state index in [4.69, 9.17) is 5.73 Å². The van der Waals surface area contributed by atoms with E-state index in [0.29, 0.717) is 12.3 Å². The van der Waals surface area contributed by atoms with Crippen molar-refractivity contribution >= 4 is 27.8 Å². The van der Waals surface area contributed by atoms with Gasteiger partial charge in [0.15, 0.2) is 5.96 Å². The molecule has 1 atom stereocenters. The maximum Gasteiger partial charge on any atom is 0.217 e. The van der Waals surface area contributed by atoms with E-state index in [0.717, 1.165) is 42.9 Å². The first-order valence-electron chi connectivity index (χ1n) is 7.57. The summed E-state index contributed by atoms with van der Waals surface area (Å²) in [6.07, 6.45) is 2.58. The second kappa shape index (κ2) is 8.17. The average molecular weight is 367 g/mol. The molecule has 1 aliphatic rings. The van der Waals surface area contributed by atoms with Crippen molar-refractivity contribution in [3.05, 3.63) is 34.3 Å². The Morgan fingerprint density at radius 2 is 2.18 bits per heavy atom. The lowest BCUT2D eigenvalue weighted by atomic mass is 9.95. The zero-order valence-corrected chi connectivity index (χ0v) is 14.5. The molecule has 3 N–H and O–H groups in total. The highest BCUT2D eigenvalue weighted by atomic mass is 79.9. The summed E-state index contributed by atoms with van der Waals surface area (Å²) in [6.45, 7) is 2.54. The number of hydrogen-bond acceptors (Lipinski definition) is 2. The molecular weight excluding hydrogens is 344 g/mol. The van der Waals surface area contributed by atoms with Gasteiger partial charge in [0.2, 0.25) is 5.91 Å². The van der Waals surface area contributed by atoms with Crippen LogP contribution >= 0.6 is 15.9 Å². The number of benzene rings is 1. The van der Waals surface area contributed by atoms with Crippen molar-refractivity contribution in [1.29, 1.82) is 0 Å². The molecule has 120 valence electrons. The molecule has 1 aliphatic heterocycles. The molecule has 22 heavy (non-hydrogen) atoms. The largest absolute Gasteiger partial charge is 0.370 e. The van der Waals surface area contributed by atoms with Crippen molar-refractivity contribution in [2.24, 2.45) is 16.6 Å². The Kier molecular flexibility index (Phi) is 6.24. The summed E-state index contributed by atoms with van der Waals surface area (Å²) in [6, 6.07) is 8.22. The van der Waals surface area contributed by atoms with Crippen LogP contribution in [0.4, 0.5) is 0 Å². The Labute approximate surface area is 140 Å². The standard InChI is InChI=1S/C16H23BrN4O/c1-19-16(20-10-12-4-6-14(17)7-5-12)21-8-2-3-13(11-21)9-15(18)22/h4-7,13H,2-3,8-11H2,1H3,(H2,18,22)(H,19,20). The van der Waals surface area contributed by atoms with Crippen molar-refractivity contribution in [1.82, 2.24) is 10.2 Å². The maximum atomic E-state index is 11.1. The van der Waals surface area contributed by atoms with E-state index >= 15 is 0 Å². The monoisotopic (exact) mass is 366 g/mol. The Hall–Kier alpha value is -1.56. The average Bonchev–Trinajstić information content (AvgIpc) is 2.49. The van der Waals surface area contributed by atoms with Crippen LogP contribution in [0.3, 0.4) is 0 Å². The fourth-order valence-electron chi connectivity index (χ4n) is 2.82. The van der Waals surface area contributed by atoms with E-state index in [1.807, 2.05) is 12.1 Å². The fraction of sp³-hybridized carbons (Fsp3) is 0.500. The second-order valence-electron chi connectivity index (χ2n) is 5.65. The summed E-state index contributed by atoms with van der Waals surface area (Å²) in [4.78, 5) is 17.7. The molecule has 0 spiro atoms. The smallest absolute Gasteiger partial charge is 0.217 e. The molecule has 0 saturated carbocycles. The summed E-state index contributed by atoms with van der Waals surface area (Å²) < 4.78 is 1.07. The number of primary amides is 1. The number of piperidine rings is 1. The van der Waals surface area contributed by atoms with Gasteiger partial charge >= 0.3 is 0 Å². The van der Waals surface area contributed by atoms with Crippen molar-refractivity contribution in [2.45, 2.75) is 25.8 Å². The fourth-order valence-corrected chi connectivity index (χ4v) is 3.09. The number of nitrogens with zero attached hydrogens (tertiary/aromatic N) is 2. The van der Waals surface area contributed by atoms with Gasteiger partial charge in [-0.2, -0.15) is 0 Å². The SMILES string of the molecule is CN=C(NCc1ccc(Br)cc1)N1CCCC(CC(N)=O)C1. The van der Waals surface area contributed by atoms with Crippen LogP contribution in [0.1, 0.15) is 24.8 Å². The van der Waals surface area contributed by atoms with Crippen LogP contribution in [0.5, 0.6) is 0 Å². The number of amides is 1. The molecule has 1 aromatic carbocycles. The number of halogens is 1. The zero-order valence-electron chi connectivity index (χ0n) is 12.9. The highest BCUT2D eigenvalue weighted by molar-refractivity contribution is 9.10. The van der Waals surface area contributed by atoms with Crippen LogP contribution in [-0.2, 0) is 11.3 Å². The van der Waals surface area contributed by atoms with Gasteiger partial charge in [0.25, 0.3) is 0 Å². The topological polar surface area (TPSA) is 70.7 Å². The minimum atomic E-state index is -0.218. The number of hydrogen-bond donors (Lipinski definition) is 2. The highest BCUT2D eigenvalue weighted by Crippen LogP contribution is 2.19. The third-order valence-corrected chi connectivity index (χ3v) is 4.41. The number of nitrogens with one attached hydrogen (secondary N) is 1. The zero-order chi connectivity index (χ0) is 15.9. The van der Waals surface area contributed by atoms with Gasteiger partial charge in [-0.1, -0.05) is 28.1 Å². The van der Waals surface area contributed by atoms with Gasteiger partial charge in [0, 0.05) is 37.6 Å². The maximum absolute atomic E-state index is 11.1. The van der Waals surface area contributed by atoms with E-state index < -0.39 is 0 Å². The minimum absolute atomic E-state index is 0.218. The van der Waals surface area contributed by atoms with Gasteiger partial charge in [-0.15, -0.1) is 0 Å². The predicted octanol–water partition coefficient (Wildman–Crippen LogP) is 2.11. The number of rotatable bonds is 4. The lowest BCUT2D eigenvalue weighted by molar-refractivity contribution is -0.119. The quantitative estimate of drug-likeness (QED) is 0.633. The molecule has 0 aromatic heterocycles. The lowest BCUT2D eigenvalue weighted by Gasteiger charge is -2.34. The summed E-state index contributed by atoms with van der Waals surface area (Å²) in [5.74, 6) is 0.999. The van der Waals surface area contributed by atoms with Crippen LogP contribution in [0.15, 0.2) is 33.7 Å². The van der Waals surface area contributed by atoms with Crippen molar-refractivity contribution in [3.8, 4) is 0 Å². The molecule has 1 aromatic rings. The first-order valence-corrected chi connectivity index (χ1v) is 8.36. The van der Waals surface area contributed by atoms with Gasteiger partial charge in [0.1, 0.15) is 0 Å². The minimum Gasteiger partial charge on any atom is -0.370 e. The number of guanidine groups is 1. The normalized spacial score (nSPS) is 19.1. The molecule has 1 saturated heterocycles. The Balaban J connectivity index is 1.90. The molecule has 6 heteroatoms. The van der Waals surface area contributed by atoms with E-state index in [9.17, 15) is 4.79 Å². The summed E-state index contributed by atoms with van der Waals surface area (Å²) in [5, 5.41) is 3.39. The predicted molar refractivity (Wildman–Crippen MR) is 92.4 cm³/mol. The van der Waals surface area contributed by atoms with Gasteiger partial charge in [0.05, 0.1) is 0 Å². The first-order chi connectivity index (χ1) is 10.6. The number of likely N-dealkylation sites (tertiary alicyclic amines) is 1. The van der Waals surface area contributed by atoms with Crippen LogP contribution in [0, 0.1) is 5.92 Å². The molecule has 2 rings (SSSR count). The van der Waals surface area contributed by atoms with Crippen molar-refractivity contribution < 1.29 is 4.79 Å². The first kappa shape index (κ1) is 16.8. The van der Waals surface area contributed by atoms with Gasteiger partial charge < -0.3 is 16.0 Å². The van der Waals surface area contributed by atoms with Crippen LogP contribution in [-0.4, -0.2) is 36.9 Å². The number of nitrogens with two attached hydrogens (primary N) is 1.